The van der Waals surface area contributed by atoms with Gasteiger partial charge in [-0.25, -0.2) is 9.48 Å². The SMILES string of the molecule is CC(C)C(=O)N1CC(n2cc(C(=O)O)nn2)C1. The Balaban J connectivity index is 1.95. The maximum atomic E-state index is 11.6. The highest BCUT2D eigenvalue weighted by Gasteiger charge is 2.33. The number of carboxylic acids is 1. The van der Waals surface area contributed by atoms with Crippen molar-refractivity contribution in [3.8, 4) is 0 Å². The van der Waals surface area contributed by atoms with Crippen molar-refractivity contribution in [1.29, 1.82) is 0 Å². The summed E-state index contributed by atoms with van der Waals surface area (Å²) in [5.41, 5.74) is -0.0707. The lowest BCUT2D eigenvalue weighted by molar-refractivity contribution is -0.140. The summed E-state index contributed by atoms with van der Waals surface area (Å²) in [6.45, 7) is 4.85. The first-order chi connectivity index (χ1) is 7.99. The van der Waals surface area contributed by atoms with Gasteiger partial charge in [0.05, 0.1) is 12.2 Å². The Kier molecular flexibility index (Phi) is 2.83. The van der Waals surface area contributed by atoms with Gasteiger partial charge in [0.15, 0.2) is 5.69 Å². The van der Waals surface area contributed by atoms with Gasteiger partial charge < -0.3 is 10.0 Å². The van der Waals surface area contributed by atoms with Crippen molar-refractivity contribution in [3.63, 3.8) is 0 Å². The van der Waals surface area contributed by atoms with Crippen molar-refractivity contribution in [2.24, 2.45) is 5.92 Å². The van der Waals surface area contributed by atoms with Crippen molar-refractivity contribution >= 4 is 11.9 Å². The Labute approximate surface area is 98.0 Å². The molecule has 0 unspecified atom stereocenters. The van der Waals surface area contributed by atoms with Crippen LogP contribution in [0.5, 0.6) is 0 Å². The van der Waals surface area contributed by atoms with Gasteiger partial charge in [0.25, 0.3) is 0 Å². The van der Waals surface area contributed by atoms with Crippen molar-refractivity contribution in [1.82, 2.24) is 19.9 Å². The van der Waals surface area contributed by atoms with E-state index in [0.29, 0.717) is 13.1 Å². The van der Waals surface area contributed by atoms with Crippen LogP contribution >= 0.6 is 0 Å². The molecule has 0 aliphatic carbocycles. The van der Waals surface area contributed by atoms with Gasteiger partial charge in [0.2, 0.25) is 5.91 Å². The number of nitrogens with zero attached hydrogens (tertiary/aromatic N) is 4. The average Bonchev–Trinajstić information content (AvgIpc) is 2.64. The zero-order chi connectivity index (χ0) is 12.6. The van der Waals surface area contributed by atoms with E-state index in [2.05, 4.69) is 10.3 Å². The Morgan fingerprint density at radius 3 is 2.59 bits per heavy atom. The molecule has 0 spiro atoms. The molecule has 1 aliphatic heterocycles. The number of hydrogen-bond acceptors (Lipinski definition) is 4. The molecule has 0 bridgehead atoms. The minimum atomic E-state index is -1.09. The van der Waals surface area contributed by atoms with Crippen LogP contribution in [-0.2, 0) is 4.79 Å². The van der Waals surface area contributed by atoms with E-state index >= 15 is 0 Å². The fraction of sp³-hybridized carbons (Fsp3) is 0.600. The zero-order valence-electron chi connectivity index (χ0n) is 9.70. The van der Waals surface area contributed by atoms with Gasteiger partial charge >= 0.3 is 5.97 Å². The Morgan fingerprint density at radius 1 is 1.47 bits per heavy atom. The summed E-state index contributed by atoms with van der Waals surface area (Å²) in [4.78, 5) is 24.0. The summed E-state index contributed by atoms with van der Waals surface area (Å²) >= 11 is 0. The number of amides is 1. The second kappa shape index (κ2) is 4.15. The van der Waals surface area contributed by atoms with Gasteiger partial charge in [-0.15, -0.1) is 5.10 Å². The summed E-state index contributed by atoms with van der Waals surface area (Å²) in [6, 6.07) is 0.0401. The quantitative estimate of drug-likeness (QED) is 0.801. The minimum Gasteiger partial charge on any atom is -0.476 e. The predicted molar refractivity (Wildman–Crippen MR) is 57.4 cm³/mol. The summed E-state index contributed by atoms with van der Waals surface area (Å²) in [6.07, 6.45) is 1.39. The maximum absolute atomic E-state index is 11.6. The molecule has 7 nitrogen and oxygen atoms in total. The van der Waals surface area contributed by atoms with Gasteiger partial charge in [0.1, 0.15) is 0 Å². The molecular formula is C10H14N4O3. The molecule has 1 aromatic rings. The van der Waals surface area contributed by atoms with Crippen molar-refractivity contribution in [3.05, 3.63) is 11.9 Å². The third kappa shape index (κ3) is 2.13. The first kappa shape index (κ1) is 11.6. The third-order valence-electron chi connectivity index (χ3n) is 2.77. The van der Waals surface area contributed by atoms with E-state index in [4.69, 9.17) is 5.11 Å². The Morgan fingerprint density at radius 2 is 2.12 bits per heavy atom. The lowest BCUT2D eigenvalue weighted by Crippen LogP contribution is -2.52. The van der Waals surface area contributed by atoms with Crippen LogP contribution in [0.25, 0.3) is 0 Å². The summed E-state index contributed by atoms with van der Waals surface area (Å²) < 4.78 is 1.51. The number of carbonyl (C=O) groups excluding carboxylic acids is 1. The number of rotatable bonds is 3. The zero-order valence-corrected chi connectivity index (χ0v) is 9.70. The highest BCUT2D eigenvalue weighted by molar-refractivity contribution is 5.84. The maximum Gasteiger partial charge on any atom is 0.358 e. The van der Waals surface area contributed by atoms with Crippen LogP contribution in [0.2, 0.25) is 0 Å². The van der Waals surface area contributed by atoms with Crippen LogP contribution in [-0.4, -0.2) is 50.0 Å². The molecule has 0 aromatic carbocycles. The van der Waals surface area contributed by atoms with E-state index < -0.39 is 5.97 Å². The normalized spacial score (nSPS) is 16.1. The van der Waals surface area contributed by atoms with Gasteiger partial charge in [-0.1, -0.05) is 19.1 Å². The lowest BCUT2D eigenvalue weighted by atomic mass is 10.1. The standard InChI is InChI=1S/C10H14N4O3/c1-6(2)9(15)13-3-7(4-13)14-5-8(10(16)17)11-12-14/h5-7H,3-4H2,1-2H3,(H,16,17). The summed E-state index contributed by atoms with van der Waals surface area (Å²) in [5.74, 6) is -0.994. The first-order valence-corrected chi connectivity index (χ1v) is 5.43. The van der Waals surface area contributed by atoms with Crippen LogP contribution in [0.4, 0.5) is 0 Å². The fourth-order valence-electron chi connectivity index (χ4n) is 1.72. The van der Waals surface area contributed by atoms with E-state index in [1.165, 1.54) is 10.9 Å². The second-order valence-corrected chi connectivity index (χ2v) is 4.44. The molecule has 1 fully saturated rings. The van der Waals surface area contributed by atoms with Crippen LogP contribution in [0.15, 0.2) is 6.20 Å². The van der Waals surface area contributed by atoms with Crippen LogP contribution in [0.3, 0.4) is 0 Å². The highest BCUT2D eigenvalue weighted by Crippen LogP contribution is 2.22. The molecule has 0 atom stereocenters. The Bertz CT molecular complexity index is 448. The monoisotopic (exact) mass is 238 g/mol. The first-order valence-electron chi connectivity index (χ1n) is 5.43. The topological polar surface area (TPSA) is 88.3 Å². The molecule has 0 radical (unpaired) electrons. The molecule has 0 saturated carbocycles. The molecule has 1 N–H and O–H groups in total. The summed E-state index contributed by atoms with van der Waals surface area (Å²) in [5, 5.41) is 16.0. The van der Waals surface area contributed by atoms with Gasteiger partial charge in [0, 0.05) is 19.0 Å². The smallest absolute Gasteiger partial charge is 0.358 e. The van der Waals surface area contributed by atoms with Crippen molar-refractivity contribution in [2.75, 3.05) is 13.1 Å². The number of likely N-dealkylation sites (tertiary alicyclic amines) is 1. The molecular weight excluding hydrogens is 224 g/mol. The molecule has 2 rings (SSSR count). The minimum absolute atomic E-state index is 0.0127. The summed E-state index contributed by atoms with van der Waals surface area (Å²) in [7, 11) is 0. The van der Waals surface area contributed by atoms with Gasteiger partial charge in [-0.05, 0) is 0 Å². The lowest BCUT2D eigenvalue weighted by Gasteiger charge is -2.39. The van der Waals surface area contributed by atoms with Crippen LogP contribution in [0, 0.1) is 5.92 Å². The van der Waals surface area contributed by atoms with Crippen LogP contribution in [0.1, 0.15) is 30.4 Å². The number of carbonyl (C=O) groups is 2. The molecule has 17 heavy (non-hydrogen) atoms. The molecule has 2 heterocycles. The molecule has 1 aliphatic rings. The number of aromatic carboxylic acids is 1. The van der Waals surface area contributed by atoms with E-state index in [1.54, 1.807) is 4.90 Å². The third-order valence-corrected chi connectivity index (χ3v) is 2.77. The van der Waals surface area contributed by atoms with E-state index in [0.717, 1.165) is 0 Å². The van der Waals surface area contributed by atoms with Crippen molar-refractivity contribution < 1.29 is 14.7 Å². The molecule has 1 aromatic heterocycles. The highest BCUT2D eigenvalue weighted by atomic mass is 16.4. The fourth-order valence-corrected chi connectivity index (χ4v) is 1.72. The Hall–Kier alpha value is -1.92. The molecule has 1 saturated heterocycles. The van der Waals surface area contributed by atoms with Gasteiger partial charge in [-0.3, -0.25) is 4.79 Å². The largest absolute Gasteiger partial charge is 0.476 e. The number of carboxylic acid groups (broad SMARTS) is 1. The predicted octanol–water partition coefficient (Wildman–Crippen LogP) is 0.0156. The second-order valence-electron chi connectivity index (χ2n) is 4.44. The van der Waals surface area contributed by atoms with E-state index in [-0.39, 0.29) is 23.6 Å². The van der Waals surface area contributed by atoms with E-state index in [9.17, 15) is 9.59 Å². The number of aromatic nitrogens is 3. The van der Waals surface area contributed by atoms with E-state index in [1.807, 2.05) is 13.8 Å². The molecule has 1 amide bonds. The molecule has 92 valence electrons. The van der Waals surface area contributed by atoms with Crippen molar-refractivity contribution in [2.45, 2.75) is 19.9 Å². The van der Waals surface area contributed by atoms with Crippen LogP contribution < -0.4 is 0 Å². The average molecular weight is 238 g/mol. The van der Waals surface area contributed by atoms with Gasteiger partial charge in [-0.2, -0.15) is 0 Å². The molecule has 7 heteroatoms. The number of hydrogen-bond donors (Lipinski definition) is 1.